The highest BCUT2D eigenvalue weighted by molar-refractivity contribution is 6.08. The lowest BCUT2D eigenvalue weighted by molar-refractivity contribution is 0.0325. The molecule has 0 saturated heterocycles. The average Bonchev–Trinajstić information content (AvgIpc) is 3.00. The van der Waals surface area contributed by atoms with Gasteiger partial charge in [-0.05, 0) is 30.3 Å². The van der Waals surface area contributed by atoms with Crippen LogP contribution in [0.1, 0.15) is 0 Å². The lowest BCUT2D eigenvalue weighted by Gasteiger charge is -2.07. The molecule has 1 aromatic heterocycles. The molecule has 0 fully saturated rings. The summed E-state index contributed by atoms with van der Waals surface area (Å²) in [5.41, 5.74) is 3.23. The second-order valence-electron chi connectivity index (χ2n) is 5.60. The van der Waals surface area contributed by atoms with E-state index >= 15 is 0 Å². The van der Waals surface area contributed by atoms with Crippen LogP contribution in [0.25, 0.3) is 21.8 Å². The average molecular weight is 346 g/mol. The van der Waals surface area contributed by atoms with Crippen LogP contribution in [-0.2, 0) is 9.47 Å². The van der Waals surface area contributed by atoms with Gasteiger partial charge in [0.2, 0.25) is 0 Å². The third-order valence-electron chi connectivity index (χ3n) is 3.95. The van der Waals surface area contributed by atoms with Gasteiger partial charge in [0.05, 0.1) is 31.9 Å². The van der Waals surface area contributed by atoms with E-state index in [1.807, 2.05) is 25.2 Å². The minimum Gasteiger partial charge on any atom is -0.491 e. The standard InChI is InChI=1S/C19H23FN2O3/c1-21-14-2-5-18-17(12-14)16-4-3-15(13-19(16)22-18)25-11-10-24-9-8-23-7-6-20/h2-5,12-13,21-22H,6-11H2,1H3. The molecule has 0 radical (unpaired) electrons. The first-order chi connectivity index (χ1) is 12.3. The van der Waals surface area contributed by atoms with E-state index in [0.717, 1.165) is 22.5 Å². The fraction of sp³-hybridized carbons (Fsp3) is 0.368. The van der Waals surface area contributed by atoms with Gasteiger partial charge in [0.25, 0.3) is 0 Å². The van der Waals surface area contributed by atoms with E-state index < -0.39 is 6.67 Å². The smallest absolute Gasteiger partial charge is 0.121 e. The zero-order chi connectivity index (χ0) is 17.5. The maximum atomic E-state index is 11.8. The Morgan fingerprint density at radius 2 is 1.68 bits per heavy atom. The molecular weight excluding hydrogens is 323 g/mol. The number of fused-ring (bicyclic) bond motifs is 3. The van der Waals surface area contributed by atoms with Crippen LogP contribution in [0.5, 0.6) is 5.75 Å². The van der Waals surface area contributed by atoms with E-state index in [4.69, 9.17) is 14.2 Å². The number of ether oxygens (including phenoxy) is 3. The van der Waals surface area contributed by atoms with Crippen LogP contribution in [0, 0.1) is 0 Å². The number of alkyl halides is 1. The van der Waals surface area contributed by atoms with Crippen LogP contribution in [0.4, 0.5) is 10.1 Å². The number of aromatic amines is 1. The number of hydrogen-bond donors (Lipinski definition) is 2. The van der Waals surface area contributed by atoms with Gasteiger partial charge in [0, 0.05) is 35.1 Å². The van der Waals surface area contributed by atoms with Crippen molar-refractivity contribution < 1.29 is 18.6 Å². The van der Waals surface area contributed by atoms with Crippen molar-refractivity contribution in [2.75, 3.05) is 52.1 Å². The second kappa shape index (κ2) is 8.69. The molecule has 0 aliphatic rings. The molecular formula is C19H23FN2O3. The Bertz CT molecular complexity index is 819. The van der Waals surface area contributed by atoms with Crippen LogP contribution in [0.2, 0.25) is 0 Å². The molecule has 0 spiro atoms. The molecule has 0 bridgehead atoms. The van der Waals surface area contributed by atoms with Gasteiger partial charge in [-0.1, -0.05) is 0 Å². The van der Waals surface area contributed by atoms with Gasteiger partial charge in [-0.3, -0.25) is 0 Å². The van der Waals surface area contributed by atoms with Crippen molar-refractivity contribution >= 4 is 27.5 Å². The van der Waals surface area contributed by atoms with Gasteiger partial charge in [-0.2, -0.15) is 0 Å². The summed E-state index contributed by atoms with van der Waals surface area (Å²) in [5, 5.41) is 5.51. The Morgan fingerprint density at radius 3 is 2.48 bits per heavy atom. The normalized spacial score (nSPS) is 11.3. The molecule has 0 saturated carbocycles. The number of halogens is 1. The van der Waals surface area contributed by atoms with Crippen molar-refractivity contribution in [2.24, 2.45) is 0 Å². The zero-order valence-corrected chi connectivity index (χ0v) is 14.3. The van der Waals surface area contributed by atoms with Crippen LogP contribution >= 0.6 is 0 Å². The second-order valence-corrected chi connectivity index (χ2v) is 5.60. The number of H-pyrrole nitrogens is 1. The summed E-state index contributed by atoms with van der Waals surface area (Å²) in [6.45, 7) is 1.43. The summed E-state index contributed by atoms with van der Waals surface area (Å²) in [6.07, 6.45) is 0. The molecule has 25 heavy (non-hydrogen) atoms. The molecule has 0 amide bonds. The van der Waals surface area contributed by atoms with Gasteiger partial charge in [-0.25, -0.2) is 4.39 Å². The number of aromatic nitrogens is 1. The Kier molecular flexibility index (Phi) is 6.09. The SMILES string of the molecule is CNc1ccc2[nH]c3cc(OCCOCCOCCF)ccc3c2c1. The zero-order valence-electron chi connectivity index (χ0n) is 14.3. The molecule has 0 aliphatic heterocycles. The summed E-state index contributed by atoms with van der Waals surface area (Å²) >= 11 is 0. The fourth-order valence-corrected chi connectivity index (χ4v) is 2.72. The Morgan fingerprint density at radius 1 is 0.880 bits per heavy atom. The van der Waals surface area contributed by atoms with E-state index in [9.17, 15) is 4.39 Å². The van der Waals surface area contributed by atoms with E-state index in [2.05, 4.69) is 28.5 Å². The quantitative estimate of drug-likeness (QED) is 0.549. The van der Waals surface area contributed by atoms with E-state index in [-0.39, 0.29) is 6.61 Å². The molecule has 0 unspecified atom stereocenters. The largest absolute Gasteiger partial charge is 0.491 e. The predicted octanol–water partition coefficient (Wildman–Crippen LogP) is 3.74. The maximum Gasteiger partial charge on any atom is 0.121 e. The van der Waals surface area contributed by atoms with E-state index in [0.29, 0.717) is 26.4 Å². The third kappa shape index (κ3) is 4.41. The van der Waals surface area contributed by atoms with Gasteiger partial charge in [0.15, 0.2) is 0 Å². The fourth-order valence-electron chi connectivity index (χ4n) is 2.72. The molecule has 0 atom stereocenters. The monoisotopic (exact) mass is 346 g/mol. The van der Waals surface area contributed by atoms with Crippen molar-refractivity contribution in [3.63, 3.8) is 0 Å². The number of nitrogens with one attached hydrogen (secondary N) is 2. The van der Waals surface area contributed by atoms with Crippen LogP contribution < -0.4 is 10.1 Å². The van der Waals surface area contributed by atoms with Crippen molar-refractivity contribution in [3.05, 3.63) is 36.4 Å². The number of benzene rings is 2. The Balaban J connectivity index is 1.55. The van der Waals surface area contributed by atoms with Gasteiger partial charge >= 0.3 is 0 Å². The summed E-state index contributed by atoms with van der Waals surface area (Å²) in [6, 6.07) is 12.3. The number of rotatable bonds is 10. The first kappa shape index (κ1) is 17.5. The lowest BCUT2D eigenvalue weighted by Crippen LogP contribution is -2.11. The summed E-state index contributed by atoms with van der Waals surface area (Å²) < 4.78 is 27.9. The first-order valence-corrected chi connectivity index (χ1v) is 8.39. The summed E-state index contributed by atoms with van der Waals surface area (Å²) in [5.74, 6) is 0.796. The maximum absolute atomic E-state index is 11.8. The van der Waals surface area contributed by atoms with E-state index in [1.54, 1.807) is 0 Å². The van der Waals surface area contributed by atoms with Crippen molar-refractivity contribution in [1.29, 1.82) is 0 Å². The molecule has 134 valence electrons. The molecule has 1 heterocycles. The highest BCUT2D eigenvalue weighted by Crippen LogP contribution is 2.30. The highest BCUT2D eigenvalue weighted by Gasteiger charge is 2.06. The minimum atomic E-state index is -0.463. The Hall–Kier alpha value is -2.31. The lowest BCUT2D eigenvalue weighted by atomic mass is 10.1. The molecule has 0 aliphatic carbocycles. The first-order valence-electron chi connectivity index (χ1n) is 8.39. The molecule has 6 heteroatoms. The van der Waals surface area contributed by atoms with Crippen molar-refractivity contribution in [1.82, 2.24) is 4.98 Å². The van der Waals surface area contributed by atoms with Crippen LogP contribution in [-0.4, -0.2) is 51.7 Å². The van der Waals surface area contributed by atoms with Gasteiger partial charge in [-0.15, -0.1) is 0 Å². The molecule has 5 nitrogen and oxygen atoms in total. The topological polar surface area (TPSA) is 55.5 Å². The molecule has 2 aromatic carbocycles. The molecule has 3 rings (SSSR count). The summed E-state index contributed by atoms with van der Waals surface area (Å²) in [4.78, 5) is 3.41. The van der Waals surface area contributed by atoms with E-state index in [1.165, 1.54) is 10.8 Å². The molecule has 2 N–H and O–H groups in total. The van der Waals surface area contributed by atoms with Gasteiger partial charge < -0.3 is 24.5 Å². The highest BCUT2D eigenvalue weighted by atomic mass is 19.1. The summed E-state index contributed by atoms with van der Waals surface area (Å²) in [7, 11) is 1.91. The Labute approximate surface area is 146 Å². The number of hydrogen-bond acceptors (Lipinski definition) is 4. The molecule has 3 aromatic rings. The van der Waals surface area contributed by atoms with Crippen molar-refractivity contribution in [3.8, 4) is 5.75 Å². The number of anilines is 1. The minimum absolute atomic E-state index is 0.125. The van der Waals surface area contributed by atoms with Crippen LogP contribution in [0.15, 0.2) is 36.4 Å². The third-order valence-corrected chi connectivity index (χ3v) is 3.95. The predicted molar refractivity (Wildman–Crippen MR) is 98.5 cm³/mol. The van der Waals surface area contributed by atoms with Gasteiger partial charge in [0.1, 0.15) is 19.0 Å². The van der Waals surface area contributed by atoms with Crippen molar-refractivity contribution in [2.45, 2.75) is 0 Å². The van der Waals surface area contributed by atoms with Crippen LogP contribution in [0.3, 0.4) is 0 Å².